The smallest absolute Gasteiger partial charge is 0.278 e. The highest BCUT2D eigenvalue weighted by Crippen LogP contribution is 2.20. The molecule has 5 nitrogen and oxygen atoms in total. The van der Waals surface area contributed by atoms with Gasteiger partial charge in [-0.2, -0.15) is 12.7 Å². The molecule has 0 bridgehead atoms. The Morgan fingerprint density at radius 2 is 1.68 bits per heavy atom. The Balaban J connectivity index is 2.83. The van der Waals surface area contributed by atoms with E-state index in [0.29, 0.717) is 11.6 Å². The third kappa shape index (κ3) is 4.74. The van der Waals surface area contributed by atoms with Crippen molar-refractivity contribution in [2.75, 3.05) is 34.7 Å². The topological polar surface area (TPSA) is 52.7 Å². The van der Waals surface area contributed by atoms with Crippen LogP contribution < -0.4 is 4.72 Å². The number of nitrogens with one attached hydrogen (secondary N) is 1. The molecule has 0 aliphatic carbocycles. The number of likely N-dealkylation sites (N-methyl/N-ethyl adjacent to an activating group) is 1. The Bertz CT molecular complexity index is 500. The van der Waals surface area contributed by atoms with E-state index in [-0.39, 0.29) is 6.04 Å². The Hall–Kier alpha value is -0.660. The fourth-order valence-electron chi connectivity index (χ4n) is 1.60. The van der Waals surface area contributed by atoms with Crippen LogP contribution in [-0.2, 0) is 10.2 Å². The minimum Gasteiger partial charge on any atom is -0.301 e. The highest BCUT2D eigenvalue weighted by Gasteiger charge is 2.19. The zero-order valence-electron chi connectivity index (χ0n) is 11.6. The van der Waals surface area contributed by atoms with Gasteiger partial charge in [-0.3, -0.25) is 0 Å². The summed E-state index contributed by atoms with van der Waals surface area (Å²) in [5.41, 5.74) is 1.01. The molecule has 0 unspecified atom stereocenters. The SMILES string of the molecule is CN(C)[C@H](CNS(=O)(=O)N(C)C)c1ccc(Cl)cc1. The van der Waals surface area contributed by atoms with Crippen molar-refractivity contribution in [1.29, 1.82) is 0 Å². The monoisotopic (exact) mass is 305 g/mol. The molecule has 0 aromatic heterocycles. The van der Waals surface area contributed by atoms with Gasteiger partial charge in [-0.05, 0) is 31.8 Å². The van der Waals surface area contributed by atoms with E-state index in [1.54, 1.807) is 12.1 Å². The van der Waals surface area contributed by atoms with Crippen LogP contribution in [0.25, 0.3) is 0 Å². The third-order valence-electron chi connectivity index (χ3n) is 2.82. The van der Waals surface area contributed by atoms with E-state index in [2.05, 4.69) is 4.72 Å². The molecule has 1 aromatic rings. The maximum absolute atomic E-state index is 11.7. The van der Waals surface area contributed by atoms with Crippen LogP contribution in [0.2, 0.25) is 5.02 Å². The second-order valence-electron chi connectivity index (χ2n) is 4.67. The Labute approximate surface area is 120 Å². The van der Waals surface area contributed by atoms with Gasteiger partial charge in [-0.15, -0.1) is 0 Å². The fourth-order valence-corrected chi connectivity index (χ4v) is 2.35. The Kier molecular flexibility index (Phi) is 5.76. The summed E-state index contributed by atoms with van der Waals surface area (Å²) in [5, 5.41) is 0.662. The number of nitrogens with zero attached hydrogens (tertiary/aromatic N) is 2. The molecule has 0 saturated carbocycles. The first kappa shape index (κ1) is 16.4. The standard InChI is InChI=1S/C12H20ClN3O2S/c1-15(2)12(9-14-19(17,18)16(3)4)10-5-7-11(13)8-6-10/h5-8,12,14H,9H2,1-4H3/t12-/m1/s1. The lowest BCUT2D eigenvalue weighted by atomic mass is 10.1. The van der Waals surface area contributed by atoms with Crippen LogP contribution in [0.15, 0.2) is 24.3 Å². The molecule has 0 aliphatic heterocycles. The molecule has 1 atom stereocenters. The zero-order valence-corrected chi connectivity index (χ0v) is 13.2. The van der Waals surface area contributed by atoms with E-state index in [9.17, 15) is 8.42 Å². The van der Waals surface area contributed by atoms with Crippen LogP contribution in [0.5, 0.6) is 0 Å². The van der Waals surface area contributed by atoms with Gasteiger partial charge in [-0.1, -0.05) is 23.7 Å². The Morgan fingerprint density at radius 3 is 2.11 bits per heavy atom. The summed E-state index contributed by atoms with van der Waals surface area (Å²) in [6.07, 6.45) is 0. The number of halogens is 1. The lowest BCUT2D eigenvalue weighted by Gasteiger charge is -2.25. The quantitative estimate of drug-likeness (QED) is 0.863. The summed E-state index contributed by atoms with van der Waals surface area (Å²) < 4.78 is 27.2. The van der Waals surface area contributed by atoms with Crippen molar-refractivity contribution in [3.05, 3.63) is 34.9 Å². The molecule has 0 fully saturated rings. The first-order chi connectivity index (χ1) is 8.74. The summed E-state index contributed by atoms with van der Waals surface area (Å²) in [4.78, 5) is 1.96. The van der Waals surface area contributed by atoms with Crippen LogP contribution >= 0.6 is 11.6 Å². The van der Waals surface area contributed by atoms with Gasteiger partial charge in [0.2, 0.25) is 0 Å². The molecular weight excluding hydrogens is 286 g/mol. The molecular formula is C12H20ClN3O2S. The lowest BCUT2D eigenvalue weighted by molar-refractivity contribution is 0.298. The molecule has 0 heterocycles. The van der Waals surface area contributed by atoms with Crippen LogP contribution in [0.3, 0.4) is 0 Å². The van der Waals surface area contributed by atoms with Gasteiger partial charge in [0.15, 0.2) is 0 Å². The predicted molar refractivity (Wildman–Crippen MR) is 78.5 cm³/mol. The molecule has 0 aliphatic rings. The maximum Gasteiger partial charge on any atom is 0.278 e. The van der Waals surface area contributed by atoms with Gasteiger partial charge in [0.1, 0.15) is 0 Å². The summed E-state index contributed by atoms with van der Waals surface area (Å²) in [6.45, 7) is 0.301. The van der Waals surface area contributed by atoms with Crippen molar-refractivity contribution < 1.29 is 8.42 Å². The molecule has 0 amide bonds. The van der Waals surface area contributed by atoms with E-state index >= 15 is 0 Å². The largest absolute Gasteiger partial charge is 0.301 e. The average molecular weight is 306 g/mol. The molecule has 7 heteroatoms. The van der Waals surface area contributed by atoms with Crippen LogP contribution in [0, 0.1) is 0 Å². The van der Waals surface area contributed by atoms with E-state index in [4.69, 9.17) is 11.6 Å². The predicted octanol–water partition coefficient (Wildman–Crippen LogP) is 1.34. The minimum atomic E-state index is -3.41. The highest BCUT2D eigenvalue weighted by molar-refractivity contribution is 7.87. The van der Waals surface area contributed by atoms with Gasteiger partial charge in [0.25, 0.3) is 10.2 Å². The van der Waals surface area contributed by atoms with Gasteiger partial charge in [0, 0.05) is 31.7 Å². The van der Waals surface area contributed by atoms with E-state index in [0.717, 1.165) is 9.87 Å². The first-order valence-corrected chi connectivity index (χ1v) is 7.65. The molecule has 1 aromatic carbocycles. The van der Waals surface area contributed by atoms with Gasteiger partial charge in [0.05, 0.1) is 0 Å². The van der Waals surface area contributed by atoms with Gasteiger partial charge < -0.3 is 4.90 Å². The average Bonchev–Trinajstić information content (AvgIpc) is 2.31. The number of hydrogen-bond donors (Lipinski definition) is 1. The van der Waals surface area contributed by atoms with Crippen molar-refractivity contribution in [2.24, 2.45) is 0 Å². The van der Waals surface area contributed by atoms with Gasteiger partial charge in [-0.25, -0.2) is 4.72 Å². The molecule has 19 heavy (non-hydrogen) atoms. The zero-order chi connectivity index (χ0) is 14.6. The number of rotatable bonds is 6. The Morgan fingerprint density at radius 1 is 1.16 bits per heavy atom. The van der Waals surface area contributed by atoms with Crippen LogP contribution in [0.4, 0.5) is 0 Å². The van der Waals surface area contributed by atoms with Crippen LogP contribution in [-0.4, -0.2) is 52.4 Å². The lowest BCUT2D eigenvalue weighted by Crippen LogP contribution is -2.40. The van der Waals surface area contributed by atoms with Crippen molar-refractivity contribution in [1.82, 2.24) is 13.9 Å². The number of benzene rings is 1. The molecule has 108 valence electrons. The third-order valence-corrected chi connectivity index (χ3v) is 4.56. The van der Waals surface area contributed by atoms with E-state index in [1.165, 1.54) is 14.1 Å². The second-order valence-corrected chi connectivity index (χ2v) is 7.07. The molecule has 0 saturated heterocycles. The van der Waals surface area contributed by atoms with Crippen molar-refractivity contribution in [3.8, 4) is 0 Å². The van der Waals surface area contributed by atoms with Crippen molar-refractivity contribution >= 4 is 21.8 Å². The number of hydrogen-bond acceptors (Lipinski definition) is 3. The molecule has 1 rings (SSSR count). The van der Waals surface area contributed by atoms with E-state index < -0.39 is 10.2 Å². The minimum absolute atomic E-state index is 0.0491. The molecule has 1 N–H and O–H groups in total. The summed E-state index contributed by atoms with van der Waals surface area (Å²) in [7, 11) is 3.39. The van der Waals surface area contributed by atoms with E-state index in [1.807, 2.05) is 31.1 Å². The second kappa shape index (κ2) is 6.67. The fraction of sp³-hybridized carbons (Fsp3) is 0.500. The molecule has 0 radical (unpaired) electrons. The van der Waals surface area contributed by atoms with Crippen molar-refractivity contribution in [3.63, 3.8) is 0 Å². The normalized spacial score (nSPS) is 14.1. The summed E-state index contributed by atoms with van der Waals surface area (Å²) in [5.74, 6) is 0. The summed E-state index contributed by atoms with van der Waals surface area (Å²) >= 11 is 5.86. The van der Waals surface area contributed by atoms with Gasteiger partial charge >= 0.3 is 0 Å². The van der Waals surface area contributed by atoms with Crippen LogP contribution in [0.1, 0.15) is 11.6 Å². The highest BCUT2D eigenvalue weighted by atomic mass is 35.5. The summed E-state index contributed by atoms with van der Waals surface area (Å²) in [6, 6.07) is 7.35. The molecule has 0 spiro atoms. The first-order valence-electron chi connectivity index (χ1n) is 5.83. The van der Waals surface area contributed by atoms with Crippen molar-refractivity contribution in [2.45, 2.75) is 6.04 Å². The maximum atomic E-state index is 11.7.